The molecule has 2 nitrogen and oxygen atoms in total. The average molecular weight is 358 g/mol. The maximum atomic E-state index is 6.29. The minimum Gasteiger partial charge on any atom is -0.399 e. The summed E-state index contributed by atoms with van der Waals surface area (Å²) < 4.78 is 0. The Labute approximate surface area is 180 Å². The van der Waals surface area contributed by atoms with Crippen LogP contribution in [0.5, 0.6) is 0 Å². The van der Waals surface area contributed by atoms with Gasteiger partial charge in [0.25, 0.3) is 0 Å². The Bertz CT molecular complexity index is 728. The first-order valence-corrected chi connectivity index (χ1v) is 9.36. The van der Waals surface area contributed by atoms with Crippen molar-refractivity contribution in [1.29, 1.82) is 0 Å². The molecule has 132 valence electrons. The fraction of sp³-hybridized carbons (Fsp3) is 0.455. The Morgan fingerprint density at radius 3 is 1.44 bits per heavy atom. The van der Waals surface area contributed by atoms with Gasteiger partial charge in [-0.15, -0.1) is 0 Å². The van der Waals surface area contributed by atoms with Gasteiger partial charge in [0.2, 0.25) is 0 Å². The van der Waals surface area contributed by atoms with E-state index in [1.165, 1.54) is 47.9 Å². The molecule has 0 saturated heterocycles. The molecule has 0 amide bonds. The Kier molecular flexibility index (Phi) is 4.38. The Hall–Kier alpha value is -0.700. The maximum Gasteiger partial charge on any atom is 0.0346 e. The molecule has 2 aromatic rings. The van der Waals surface area contributed by atoms with E-state index in [4.69, 9.17) is 11.5 Å². The summed E-state index contributed by atoms with van der Waals surface area (Å²) in [4.78, 5) is 0. The fourth-order valence-electron chi connectivity index (χ4n) is 5.88. The van der Waals surface area contributed by atoms with Crippen molar-refractivity contribution in [2.45, 2.75) is 51.4 Å². The molecule has 0 aromatic heterocycles. The van der Waals surface area contributed by atoms with Crippen LogP contribution >= 0.6 is 0 Å². The first kappa shape index (κ1) is 17.7. The maximum absolute atomic E-state index is 6.29. The van der Waals surface area contributed by atoms with Crippen molar-refractivity contribution in [3.63, 3.8) is 0 Å². The average Bonchev–Trinajstić information content (AvgIpc) is 2.57. The smallest absolute Gasteiger partial charge is 0.0346 e. The summed E-state index contributed by atoms with van der Waals surface area (Å²) in [6, 6.07) is 9.29. The molecule has 3 heteroatoms. The van der Waals surface area contributed by atoms with Crippen LogP contribution in [0, 0.1) is 63.4 Å². The van der Waals surface area contributed by atoms with E-state index in [1.807, 2.05) is 0 Å². The summed E-state index contributed by atoms with van der Waals surface area (Å²) in [5.41, 5.74) is 23.0. The van der Waals surface area contributed by atoms with Crippen molar-refractivity contribution in [1.82, 2.24) is 0 Å². The van der Waals surface area contributed by atoms with E-state index in [0.717, 1.165) is 23.2 Å². The van der Waals surface area contributed by atoms with E-state index in [1.54, 1.807) is 11.1 Å². The first-order valence-electron chi connectivity index (χ1n) is 9.36. The first-order chi connectivity index (χ1) is 11.6. The van der Waals surface area contributed by atoms with E-state index in [0.29, 0.717) is 11.8 Å². The van der Waals surface area contributed by atoms with Crippen molar-refractivity contribution < 1.29 is 37.7 Å². The van der Waals surface area contributed by atoms with Gasteiger partial charge >= 0.3 is 0 Å². The van der Waals surface area contributed by atoms with Crippen LogP contribution in [0.3, 0.4) is 0 Å². The number of rotatable bonds is 0. The van der Waals surface area contributed by atoms with Crippen LogP contribution in [-0.4, -0.2) is 0 Å². The van der Waals surface area contributed by atoms with Gasteiger partial charge in [0, 0.05) is 60.9 Å². The van der Waals surface area contributed by atoms with Gasteiger partial charge in [-0.05, 0) is 84.0 Å². The van der Waals surface area contributed by atoms with Crippen LogP contribution in [0.4, 0.5) is 11.4 Å². The van der Waals surface area contributed by atoms with Crippen LogP contribution in [0.25, 0.3) is 0 Å². The van der Waals surface area contributed by atoms with E-state index in [9.17, 15) is 0 Å². The van der Waals surface area contributed by atoms with Crippen molar-refractivity contribution in [3.05, 3.63) is 57.6 Å². The molecule has 6 rings (SSSR count). The number of anilines is 2. The molecule has 25 heavy (non-hydrogen) atoms. The summed E-state index contributed by atoms with van der Waals surface area (Å²) in [5, 5.41) is 0. The van der Waals surface area contributed by atoms with Gasteiger partial charge in [0.15, 0.2) is 0 Å². The van der Waals surface area contributed by atoms with Crippen molar-refractivity contribution in [3.8, 4) is 0 Å². The molecule has 0 heterocycles. The van der Waals surface area contributed by atoms with Crippen molar-refractivity contribution in [2.24, 2.45) is 11.8 Å². The predicted octanol–water partition coefficient (Wildman–Crippen LogP) is 4.87. The zero-order valence-electron chi connectivity index (χ0n) is 15.0. The summed E-state index contributed by atoms with van der Waals surface area (Å²) in [6.45, 7) is 4.29. The van der Waals surface area contributed by atoms with Gasteiger partial charge in [-0.1, -0.05) is 25.0 Å². The van der Waals surface area contributed by atoms with Crippen LogP contribution in [-0.2, 0) is 0 Å². The monoisotopic (exact) mass is 358 g/mol. The third-order valence-corrected chi connectivity index (χ3v) is 7.01. The summed E-state index contributed by atoms with van der Waals surface area (Å²) >= 11 is 0. The molecule has 4 aliphatic rings. The summed E-state index contributed by atoms with van der Waals surface area (Å²) in [7, 11) is 0. The topological polar surface area (TPSA) is 52.0 Å². The standard InChI is InChI=1S/C22H26N2.Ar/c1-11-7-15-17(9-19(11)23)22-14-6-4-3-5-13(14)21(15)16-8-12(2)20(24)10-18(16)22;/h7-10,13-14,21-22H,3-6,23-24H2,1-2H3;. The number of nitrogens with two attached hydrogens (primary N) is 2. The minimum absolute atomic E-state index is 0. The fourth-order valence-corrected chi connectivity index (χ4v) is 5.88. The molecule has 4 aliphatic carbocycles. The number of hydrogen-bond donors (Lipinski definition) is 2. The third-order valence-electron chi connectivity index (χ3n) is 7.01. The second kappa shape index (κ2) is 6.18. The Morgan fingerprint density at radius 1 is 0.680 bits per heavy atom. The van der Waals surface area contributed by atoms with Gasteiger partial charge in [-0.3, -0.25) is 0 Å². The largest absolute Gasteiger partial charge is 0.399 e. The van der Waals surface area contributed by atoms with Crippen molar-refractivity contribution in [2.75, 3.05) is 11.5 Å². The second-order valence-electron chi connectivity index (χ2n) is 8.24. The van der Waals surface area contributed by atoms with Gasteiger partial charge in [-0.2, -0.15) is 0 Å². The molecule has 4 N–H and O–H groups in total. The van der Waals surface area contributed by atoms with Crippen LogP contribution in [0.1, 0.15) is 70.9 Å². The SMILES string of the molecule is Cc1cc2c(cc1N)C1c3cc(N)c(C)cc3C2C2CCCCC12.[Ar]. The number of nitrogen functional groups attached to an aromatic ring is 2. The Morgan fingerprint density at radius 2 is 1.04 bits per heavy atom. The molecule has 2 atom stereocenters. The molecule has 2 aromatic carbocycles. The van der Waals surface area contributed by atoms with Gasteiger partial charge in [0.05, 0.1) is 0 Å². The molecule has 0 spiro atoms. The van der Waals surface area contributed by atoms with E-state index < -0.39 is 0 Å². The van der Waals surface area contributed by atoms with Gasteiger partial charge in [-0.25, -0.2) is 0 Å². The van der Waals surface area contributed by atoms with Crippen LogP contribution in [0.15, 0.2) is 24.3 Å². The van der Waals surface area contributed by atoms with Crippen molar-refractivity contribution >= 4 is 11.4 Å². The minimum atomic E-state index is 0. The van der Waals surface area contributed by atoms with E-state index in [2.05, 4.69) is 38.1 Å². The molecule has 0 radical (unpaired) electrons. The Balaban J connectivity index is 0.00000157. The quantitative estimate of drug-likeness (QED) is 0.661. The summed E-state index contributed by atoms with van der Waals surface area (Å²) in [5.74, 6) is 2.61. The van der Waals surface area contributed by atoms with Crippen LogP contribution < -0.4 is 11.5 Å². The zero-order chi connectivity index (χ0) is 16.6. The van der Waals surface area contributed by atoms with Crippen LogP contribution in [0.2, 0.25) is 0 Å². The predicted molar refractivity (Wildman–Crippen MR) is 100 cm³/mol. The van der Waals surface area contributed by atoms with Gasteiger partial charge in [0.1, 0.15) is 0 Å². The molecular weight excluding hydrogens is 332 g/mol. The van der Waals surface area contributed by atoms with Gasteiger partial charge < -0.3 is 11.5 Å². The third kappa shape index (κ3) is 2.40. The number of aryl methyl sites for hydroxylation is 2. The summed E-state index contributed by atoms with van der Waals surface area (Å²) in [6.07, 6.45) is 5.48. The molecule has 2 bridgehead atoms. The van der Waals surface area contributed by atoms with E-state index >= 15 is 0 Å². The zero-order valence-corrected chi connectivity index (χ0v) is 15.7. The molecule has 2 unspecified atom stereocenters. The molecule has 1 fully saturated rings. The molecule has 1 saturated carbocycles. The second-order valence-corrected chi connectivity index (χ2v) is 8.24. The number of benzene rings is 2. The number of hydrogen-bond acceptors (Lipinski definition) is 2. The van der Waals surface area contributed by atoms with E-state index in [-0.39, 0.29) is 37.7 Å². The molecular formula is C22H26ArN2. The normalized spacial score (nSPS) is 28.6. The molecule has 0 aliphatic heterocycles.